The van der Waals surface area contributed by atoms with Crippen molar-refractivity contribution in [2.45, 2.75) is 20.1 Å². The Labute approximate surface area is 149 Å². The maximum atomic E-state index is 11.5. The highest BCUT2D eigenvalue weighted by molar-refractivity contribution is 7.91. The van der Waals surface area contributed by atoms with Crippen molar-refractivity contribution in [2.24, 2.45) is 0 Å². The molecular weight excluding hydrogens is 340 g/mol. The van der Waals surface area contributed by atoms with Crippen molar-refractivity contribution in [1.29, 1.82) is 0 Å². The number of nitrogens with zero attached hydrogens (tertiary/aromatic N) is 1. The minimum absolute atomic E-state index is 0.123. The fraction of sp³-hybridized carbons (Fsp3) is 0.389. The highest BCUT2D eigenvalue weighted by Crippen LogP contribution is 2.24. The van der Waals surface area contributed by atoms with Crippen LogP contribution in [0.1, 0.15) is 18.2 Å². The molecule has 25 heavy (non-hydrogen) atoms. The van der Waals surface area contributed by atoms with Crippen LogP contribution in [0.2, 0.25) is 0 Å². The van der Waals surface area contributed by atoms with E-state index in [-0.39, 0.29) is 11.5 Å². The van der Waals surface area contributed by atoms with E-state index in [1.165, 1.54) is 0 Å². The Bertz CT molecular complexity index is 764. The molecule has 6 nitrogen and oxygen atoms in total. The molecule has 1 heterocycles. The van der Waals surface area contributed by atoms with E-state index in [1.807, 2.05) is 36.4 Å². The molecule has 0 aliphatic heterocycles. The summed E-state index contributed by atoms with van der Waals surface area (Å²) in [6.45, 7) is 2.91. The van der Waals surface area contributed by atoms with Crippen LogP contribution < -0.4 is 14.8 Å². The number of hydrogen-bond donors (Lipinski definition) is 1. The standard InChI is InChI=1S/C18H24N2O4S/c1-3-25(21,22)11-10-19-13-15-12-17(23-2)7-8-18(15)24-14-16-6-4-5-9-20-16/h4-9,12,19H,3,10-11,13-14H2,1-2H3. The quantitative estimate of drug-likeness (QED) is 0.651. The molecule has 1 aromatic heterocycles. The van der Waals surface area contributed by atoms with Crippen molar-refractivity contribution in [1.82, 2.24) is 10.3 Å². The smallest absolute Gasteiger partial charge is 0.151 e. The molecule has 1 aromatic carbocycles. The predicted molar refractivity (Wildman–Crippen MR) is 97.6 cm³/mol. The number of pyridine rings is 1. The molecule has 0 bridgehead atoms. The van der Waals surface area contributed by atoms with Crippen molar-refractivity contribution in [3.8, 4) is 11.5 Å². The lowest BCUT2D eigenvalue weighted by molar-refractivity contribution is 0.296. The molecule has 1 N–H and O–H groups in total. The molecule has 0 unspecified atom stereocenters. The van der Waals surface area contributed by atoms with E-state index in [2.05, 4.69) is 10.3 Å². The molecule has 0 aliphatic carbocycles. The third-order valence-corrected chi connectivity index (χ3v) is 5.42. The van der Waals surface area contributed by atoms with Crippen LogP contribution in [0.3, 0.4) is 0 Å². The zero-order chi connectivity index (χ0) is 18.1. The van der Waals surface area contributed by atoms with Crippen molar-refractivity contribution in [3.05, 3.63) is 53.9 Å². The number of ether oxygens (including phenoxy) is 2. The van der Waals surface area contributed by atoms with E-state index in [1.54, 1.807) is 20.2 Å². The van der Waals surface area contributed by atoms with Crippen molar-refractivity contribution in [2.75, 3.05) is 25.2 Å². The first-order valence-electron chi connectivity index (χ1n) is 8.15. The summed E-state index contributed by atoms with van der Waals surface area (Å²) in [5.74, 6) is 1.73. The average Bonchev–Trinajstić information content (AvgIpc) is 2.64. The number of nitrogens with one attached hydrogen (secondary N) is 1. The Morgan fingerprint density at radius 1 is 1.20 bits per heavy atom. The second kappa shape index (κ2) is 9.39. The van der Waals surface area contributed by atoms with E-state index in [4.69, 9.17) is 9.47 Å². The topological polar surface area (TPSA) is 77.5 Å². The van der Waals surface area contributed by atoms with Crippen LogP contribution in [0.25, 0.3) is 0 Å². The number of hydrogen-bond acceptors (Lipinski definition) is 6. The van der Waals surface area contributed by atoms with Gasteiger partial charge in [0, 0.05) is 30.6 Å². The van der Waals surface area contributed by atoms with Crippen LogP contribution in [0.4, 0.5) is 0 Å². The van der Waals surface area contributed by atoms with Gasteiger partial charge in [0.05, 0.1) is 18.6 Å². The second-order valence-corrected chi connectivity index (χ2v) is 7.97. The third-order valence-electron chi connectivity index (χ3n) is 3.71. The summed E-state index contributed by atoms with van der Waals surface area (Å²) in [5, 5.41) is 3.15. The van der Waals surface area contributed by atoms with Crippen molar-refractivity contribution < 1.29 is 17.9 Å². The lowest BCUT2D eigenvalue weighted by Crippen LogP contribution is -2.23. The Morgan fingerprint density at radius 2 is 2.04 bits per heavy atom. The summed E-state index contributed by atoms with van der Waals surface area (Å²) in [7, 11) is -1.36. The van der Waals surface area contributed by atoms with Crippen LogP contribution >= 0.6 is 0 Å². The minimum atomic E-state index is -2.97. The molecule has 7 heteroatoms. The monoisotopic (exact) mass is 364 g/mol. The molecule has 0 saturated carbocycles. The Morgan fingerprint density at radius 3 is 2.72 bits per heavy atom. The molecule has 2 rings (SSSR count). The van der Waals surface area contributed by atoms with Crippen LogP contribution in [-0.4, -0.2) is 38.6 Å². The first kappa shape index (κ1) is 19.2. The molecule has 0 spiro atoms. The molecule has 0 radical (unpaired) electrons. The molecule has 136 valence electrons. The summed E-state index contributed by atoms with van der Waals surface area (Å²) >= 11 is 0. The Hall–Kier alpha value is -2.12. The summed E-state index contributed by atoms with van der Waals surface area (Å²) in [5.41, 5.74) is 1.75. The van der Waals surface area contributed by atoms with E-state index < -0.39 is 9.84 Å². The molecule has 0 amide bonds. The van der Waals surface area contributed by atoms with Gasteiger partial charge in [-0.05, 0) is 30.3 Å². The van der Waals surface area contributed by atoms with Crippen LogP contribution in [-0.2, 0) is 23.0 Å². The van der Waals surface area contributed by atoms with Crippen LogP contribution in [0.15, 0.2) is 42.6 Å². The first-order chi connectivity index (χ1) is 12.0. The van der Waals surface area contributed by atoms with Crippen molar-refractivity contribution >= 4 is 9.84 Å². The number of aromatic nitrogens is 1. The highest BCUT2D eigenvalue weighted by atomic mass is 32.2. The summed E-state index contributed by atoms with van der Waals surface area (Å²) in [6.07, 6.45) is 1.73. The van der Waals surface area contributed by atoms with Gasteiger partial charge in [-0.25, -0.2) is 8.42 Å². The average molecular weight is 364 g/mol. The van der Waals surface area contributed by atoms with Crippen LogP contribution in [0, 0.1) is 0 Å². The van der Waals surface area contributed by atoms with Gasteiger partial charge in [-0.15, -0.1) is 0 Å². The molecule has 0 fully saturated rings. The van der Waals surface area contributed by atoms with Gasteiger partial charge in [-0.3, -0.25) is 4.98 Å². The van der Waals surface area contributed by atoms with Gasteiger partial charge in [0.15, 0.2) is 9.84 Å². The zero-order valence-electron chi connectivity index (χ0n) is 14.6. The lowest BCUT2D eigenvalue weighted by atomic mass is 10.2. The second-order valence-electron chi connectivity index (χ2n) is 5.50. The Balaban J connectivity index is 1.99. The van der Waals surface area contributed by atoms with E-state index in [0.29, 0.717) is 19.7 Å². The van der Waals surface area contributed by atoms with Crippen LogP contribution in [0.5, 0.6) is 11.5 Å². The van der Waals surface area contributed by atoms with Gasteiger partial charge in [0.2, 0.25) is 0 Å². The zero-order valence-corrected chi connectivity index (χ0v) is 15.4. The maximum Gasteiger partial charge on any atom is 0.151 e. The molecule has 0 aliphatic rings. The molecule has 0 atom stereocenters. The fourth-order valence-electron chi connectivity index (χ4n) is 2.19. The highest BCUT2D eigenvalue weighted by Gasteiger charge is 2.09. The number of rotatable bonds is 10. The van der Waals surface area contributed by atoms with E-state index in [0.717, 1.165) is 22.8 Å². The van der Waals surface area contributed by atoms with Gasteiger partial charge in [-0.2, -0.15) is 0 Å². The molecule has 2 aromatic rings. The van der Waals surface area contributed by atoms with Crippen molar-refractivity contribution in [3.63, 3.8) is 0 Å². The van der Waals surface area contributed by atoms with Gasteiger partial charge in [-0.1, -0.05) is 13.0 Å². The molecule has 0 saturated heterocycles. The SMILES string of the molecule is CCS(=O)(=O)CCNCc1cc(OC)ccc1OCc1ccccn1. The van der Waals surface area contributed by atoms with Gasteiger partial charge < -0.3 is 14.8 Å². The maximum absolute atomic E-state index is 11.5. The summed E-state index contributed by atoms with van der Waals surface area (Å²) < 4.78 is 34.2. The van der Waals surface area contributed by atoms with Gasteiger partial charge in [0.25, 0.3) is 0 Å². The van der Waals surface area contributed by atoms with E-state index in [9.17, 15) is 8.42 Å². The number of sulfone groups is 1. The van der Waals surface area contributed by atoms with Gasteiger partial charge in [0.1, 0.15) is 18.1 Å². The summed E-state index contributed by atoms with van der Waals surface area (Å²) in [6, 6.07) is 11.2. The number of benzene rings is 1. The predicted octanol–water partition coefficient (Wildman–Crippen LogP) is 2.19. The fourth-order valence-corrected chi connectivity index (χ4v) is 2.94. The lowest BCUT2D eigenvalue weighted by Gasteiger charge is -2.13. The largest absolute Gasteiger partial charge is 0.497 e. The normalized spacial score (nSPS) is 11.3. The third kappa shape index (κ3) is 6.36. The molecular formula is C18H24N2O4S. The number of methoxy groups -OCH3 is 1. The summed E-state index contributed by atoms with van der Waals surface area (Å²) in [4.78, 5) is 4.24. The van der Waals surface area contributed by atoms with E-state index >= 15 is 0 Å². The van der Waals surface area contributed by atoms with Gasteiger partial charge >= 0.3 is 0 Å². The Kier molecular flexibility index (Phi) is 7.21. The first-order valence-corrected chi connectivity index (χ1v) is 9.97. The minimum Gasteiger partial charge on any atom is -0.497 e.